The normalized spacial score (nSPS) is 15.5. The van der Waals surface area contributed by atoms with Crippen molar-refractivity contribution in [3.63, 3.8) is 0 Å². The quantitative estimate of drug-likeness (QED) is 0.496. The van der Waals surface area contributed by atoms with Crippen LogP contribution in [0.5, 0.6) is 0 Å². The van der Waals surface area contributed by atoms with Crippen LogP contribution in [0.4, 0.5) is 4.79 Å². The number of hydrogen-bond acceptors (Lipinski definition) is 4. The molecule has 0 aliphatic carbocycles. The van der Waals surface area contributed by atoms with Crippen LogP contribution in [0.3, 0.4) is 0 Å². The lowest BCUT2D eigenvalue weighted by atomic mass is 10.0. The number of carboxylic acid groups (broad SMARTS) is 1. The van der Waals surface area contributed by atoms with Gasteiger partial charge in [0, 0.05) is 13.2 Å². The van der Waals surface area contributed by atoms with Gasteiger partial charge in [-0.3, -0.25) is 4.79 Å². The van der Waals surface area contributed by atoms with Crippen molar-refractivity contribution in [1.82, 2.24) is 10.6 Å². The van der Waals surface area contributed by atoms with E-state index in [1.807, 2.05) is 20.8 Å². The van der Waals surface area contributed by atoms with Gasteiger partial charge in [-0.25, -0.2) is 4.79 Å². The van der Waals surface area contributed by atoms with E-state index in [9.17, 15) is 14.7 Å². The first kappa shape index (κ1) is 18.7. The lowest BCUT2D eigenvalue weighted by Gasteiger charge is -2.25. The number of nitrogens with one attached hydrogen (secondary N) is 2. The average Bonchev–Trinajstić information content (AvgIpc) is 2.30. The second kappa shape index (κ2) is 8.76. The zero-order valence-electron chi connectivity index (χ0n) is 12.6. The van der Waals surface area contributed by atoms with E-state index in [0.717, 1.165) is 0 Å². The fourth-order valence-corrected chi connectivity index (χ4v) is 1.52. The van der Waals surface area contributed by atoms with Crippen molar-refractivity contribution < 1.29 is 24.5 Å². The number of hydrogen-bond donors (Lipinski definition) is 4. The minimum absolute atomic E-state index is 0.134. The van der Waals surface area contributed by atoms with Crippen molar-refractivity contribution in [3.8, 4) is 0 Å². The molecule has 0 saturated carbocycles. The molecule has 0 aliphatic heterocycles. The smallest absolute Gasteiger partial charge is 0.315 e. The Morgan fingerprint density at radius 1 is 1.35 bits per heavy atom. The van der Waals surface area contributed by atoms with E-state index in [4.69, 9.17) is 9.84 Å². The molecule has 7 heteroatoms. The molecule has 20 heavy (non-hydrogen) atoms. The summed E-state index contributed by atoms with van der Waals surface area (Å²) in [5, 5.41) is 23.6. The van der Waals surface area contributed by atoms with Gasteiger partial charge in [-0.2, -0.15) is 0 Å². The van der Waals surface area contributed by atoms with Gasteiger partial charge < -0.3 is 25.6 Å². The summed E-state index contributed by atoms with van der Waals surface area (Å²) in [5.41, 5.74) is -1.48. The Kier molecular flexibility index (Phi) is 8.17. The summed E-state index contributed by atoms with van der Waals surface area (Å²) in [6.07, 6.45) is -0.431. The predicted molar refractivity (Wildman–Crippen MR) is 74.5 cm³/mol. The summed E-state index contributed by atoms with van der Waals surface area (Å²) in [5.74, 6) is -0.916. The van der Waals surface area contributed by atoms with E-state index in [-0.39, 0.29) is 18.5 Å². The van der Waals surface area contributed by atoms with Crippen LogP contribution < -0.4 is 10.6 Å². The maximum absolute atomic E-state index is 11.7. The van der Waals surface area contributed by atoms with Crippen molar-refractivity contribution in [2.75, 3.05) is 19.8 Å². The zero-order valence-corrected chi connectivity index (χ0v) is 12.6. The Hall–Kier alpha value is -1.34. The third-order valence-corrected chi connectivity index (χ3v) is 2.78. The maximum atomic E-state index is 11.7. The van der Waals surface area contributed by atoms with Crippen LogP contribution in [0.25, 0.3) is 0 Å². The van der Waals surface area contributed by atoms with Gasteiger partial charge in [0.2, 0.25) is 0 Å². The SMILES string of the molecule is CCOCC(NC(=O)NCC(C)(O)CC(=O)O)C(C)C. The van der Waals surface area contributed by atoms with Crippen molar-refractivity contribution in [3.05, 3.63) is 0 Å². The zero-order chi connectivity index (χ0) is 15.8. The van der Waals surface area contributed by atoms with Crippen LogP contribution in [-0.2, 0) is 9.53 Å². The van der Waals surface area contributed by atoms with Crippen LogP contribution in [-0.4, -0.2) is 53.6 Å². The molecular weight excluding hydrogens is 264 g/mol. The minimum atomic E-state index is -1.48. The molecule has 0 aromatic heterocycles. The van der Waals surface area contributed by atoms with E-state index in [0.29, 0.717) is 13.2 Å². The minimum Gasteiger partial charge on any atom is -0.481 e. The Labute approximate surface area is 119 Å². The number of carbonyl (C=O) groups excluding carboxylic acids is 1. The molecule has 0 fully saturated rings. The third-order valence-electron chi connectivity index (χ3n) is 2.78. The molecule has 2 unspecified atom stereocenters. The van der Waals surface area contributed by atoms with Crippen LogP contribution in [0.2, 0.25) is 0 Å². The molecule has 0 rings (SSSR count). The van der Waals surface area contributed by atoms with E-state index in [2.05, 4.69) is 10.6 Å². The van der Waals surface area contributed by atoms with Crippen molar-refractivity contribution in [1.29, 1.82) is 0 Å². The molecular formula is C13H26N2O5. The van der Waals surface area contributed by atoms with Gasteiger partial charge in [-0.15, -0.1) is 0 Å². The van der Waals surface area contributed by atoms with Crippen molar-refractivity contribution >= 4 is 12.0 Å². The summed E-state index contributed by atoms with van der Waals surface area (Å²) in [6, 6.07) is -0.589. The molecule has 0 bridgehead atoms. The van der Waals surface area contributed by atoms with E-state index in [1.54, 1.807) is 0 Å². The van der Waals surface area contributed by atoms with E-state index in [1.165, 1.54) is 6.92 Å². The first-order chi connectivity index (χ1) is 9.18. The maximum Gasteiger partial charge on any atom is 0.315 e. The fourth-order valence-electron chi connectivity index (χ4n) is 1.52. The molecule has 0 heterocycles. The van der Waals surface area contributed by atoms with Gasteiger partial charge >= 0.3 is 12.0 Å². The van der Waals surface area contributed by atoms with Crippen LogP contribution in [0.1, 0.15) is 34.1 Å². The Morgan fingerprint density at radius 2 is 1.95 bits per heavy atom. The summed E-state index contributed by atoms with van der Waals surface area (Å²) in [6.45, 7) is 8.01. The standard InChI is InChI=1S/C13H26N2O5/c1-5-20-7-10(9(2)3)15-12(18)14-8-13(4,19)6-11(16)17/h9-10,19H,5-8H2,1-4H3,(H,16,17)(H2,14,15,18). The van der Waals surface area contributed by atoms with Gasteiger partial charge in [0.15, 0.2) is 0 Å². The highest BCUT2D eigenvalue weighted by Gasteiger charge is 2.25. The van der Waals surface area contributed by atoms with Crippen molar-refractivity contribution in [2.45, 2.75) is 45.8 Å². The molecule has 0 radical (unpaired) electrons. The molecule has 0 aromatic rings. The first-order valence-corrected chi connectivity index (χ1v) is 6.74. The number of carbonyl (C=O) groups is 2. The van der Waals surface area contributed by atoms with Gasteiger partial charge in [0.25, 0.3) is 0 Å². The molecule has 0 spiro atoms. The van der Waals surface area contributed by atoms with Gasteiger partial charge in [0.05, 0.1) is 24.7 Å². The molecule has 7 nitrogen and oxygen atoms in total. The topological polar surface area (TPSA) is 108 Å². The van der Waals surface area contributed by atoms with Crippen molar-refractivity contribution in [2.24, 2.45) is 5.92 Å². The number of ether oxygens (including phenoxy) is 1. The summed E-state index contributed by atoms with van der Waals surface area (Å²) >= 11 is 0. The lowest BCUT2D eigenvalue weighted by molar-refractivity contribution is -0.141. The predicted octanol–water partition coefficient (Wildman–Crippen LogP) is 0.572. The molecule has 118 valence electrons. The number of aliphatic hydroxyl groups is 1. The summed E-state index contributed by atoms with van der Waals surface area (Å²) in [4.78, 5) is 22.3. The number of amides is 2. The molecule has 0 aromatic carbocycles. The number of carboxylic acids is 1. The molecule has 4 N–H and O–H groups in total. The highest BCUT2D eigenvalue weighted by atomic mass is 16.5. The van der Waals surface area contributed by atoms with E-state index < -0.39 is 24.0 Å². The Morgan fingerprint density at radius 3 is 2.40 bits per heavy atom. The van der Waals surface area contributed by atoms with Crippen LogP contribution in [0, 0.1) is 5.92 Å². The average molecular weight is 290 g/mol. The molecule has 2 amide bonds. The first-order valence-electron chi connectivity index (χ1n) is 6.74. The largest absolute Gasteiger partial charge is 0.481 e. The number of aliphatic carboxylic acids is 1. The van der Waals surface area contributed by atoms with Gasteiger partial charge in [0.1, 0.15) is 0 Å². The van der Waals surface area contributed by atoms with Gasteiger partial charge in [-0.1, -0.05) is 13.8 Å². The third kappa shape index (κ3) is 8.71. The molecule has 2 atom stereocenters. The Bertz CT molecular complexity index is 318. The monoisotopic (exact) mass is 290 g/mol. The summed E-state index contributed by atoms with van der Waals surface area (Å²) in [7, 11) is 0. The highest BCUT2D eigenvalue weighted by Crippen LogP contribution is 2.07. The lowest BCUT2D eigenvalue weighted by Crippen LogP contribution is -2.50. The second-order valence-electron chi connectivity index (χ2n) is 5.40. The van der Waals surface area contributed by atoms with Gasteiger partial charge in [-0.05, 0) is 19.8 Å². The van der Waals surface area contributed by atoms with E-state index >= 15 is 0 Å². The second-order valence-corrected chi connectivity index (χ2v) is 5.40. The number of rotatable bonds is 9. The number of urea groups is 1. The fraction of sp³-hybridized carbons (Fsp3) is 0.846. The molecule has 0 saturated heterocycles. The van der Waals surface area contributed by atoms with Crippen LogP contribution >= 0.6 is 0 Å². The van der Waals surface area contributed by atoms with Crippen LogP contribution in [0.15, 0.2) is 0 Å². The molecule has 0 aliphatic rings. The Balaban J connectivity index is 4.22. The highest BCUT2D eigenvalue weighted by molar-refractivity contribution is 5.74. The summed E-state index contributed by atoms with van der Waals surface area (Å²) < 4.78 is 5.29.